The SMILES string of the molecule is Cc1ccc(/C=C/C(=O)O[C@H]2[C@H](O)[C@H](O)[C@@H](OC(=O)/C=C/c3ccccc3)[C@H](OC(=O)/C=C/c3ccccc3)[C@@H]2OC(=O)/C=C/c2ccccc2)cc1. The number of aryl methyl sites for hydroxylation is 1. The van der Waals surface area contributed by atoms with Crippen LogP contribution < -0.4 is 0 Å². The van der Waals surface area contributed by atoms with Gasteiger partial charge in [-0.15, -0.1) is 0 Å². The van der Waals surface area contributed by atoms with Gasteiger partial charge in [0.05, 0.1) is 0 Å². The summed E-state index contributed by atoms with van der Waals surface area (Å²) < 4.78 is 22.6. The van der Waals surface area contributed by atoms with Gasteiger partial charge in [0.15, 0.2) is 24.4 Å². The number of benzene rings is 4. The quantitative estimate of drug-likeness (QED) is 0.109. The van der Waals surface area contributed by atoms with Gasteiger partial charge in [-0.3, -0.25) is 0 Å². The van der Waals surface area contributed by atoms with E-state index in [-0.39, 0.29) is 0 Å². The molecule has 10 nitrogen and oxygen atoms in total. The van der Waals surface area contributed by atoms with E-state index >= 15 is 0 Å². The molecule has 2 N–H and O–H groups in total. The van der Waals surface area contributed by atoms with Gasteiger partial charge >= 0.3 is 23.9 Å². The second-order valence-electron chi connectivity index (χ2n) is 12.1. The minimum Gasteiger partial charge on any atom is -0.452 e. The van der Waals surface area contributed by atoms with Crippen molar-refractivity contribution >= 4 is 48.2 Å². The third-order valence-electron chi connectivity index (χ3n) is 8.13. The van der Waals surface area contributed by atoms with Crippen LogP contribution in [0.5, 0.6) is 0 Å². The lowest BCUT2D eigenvalue weighted by atomic mass is 9.84. The van der Waals surface area contributed by atoms with Gasteiger partial charge in [-0.1, -0.05) is 121 Å². The monoisotopic (exact) mass is 714 g/mol. The Bertz CT molecular complexity index is 1950. The number of aliphatic hydroxyl groups excluding tert-OH is 2. The van der Waals surface area contributed by atoms with Gasteiger partial charge in [0.2, 0.25) is 0 Å². The number of rotatable bonds is 12. The molecule has 0 unspecified atom stereocenters. The summed E-state index contributed by atoms with van der Waals surface area (Å²) in [5.74, 6) is -3.85. The first-order chi connectivity index (χ1) is 25.7. The number of hydrogen-bond acceptors (Lipinski definition) is 10. The highest BCUT2D eigenvalue weighted by atomic mass is 16.6. The van der Waals surface area contributed by atoms with Gasteiger partial charge in [-0.05, 0) is 53.5 Å². The molecule has 10 heteroatoms. The van der Waals surface area contributed by atoms with Crippen molar-refractivity contribution in [3.63, 3.8) is 0 Å². The van der Waals surface area contributed by atoms with Crippen LogP contribution in [0.2, 0.25) is 0 Å². The minimum atomic E-state index is -1.96. The van der Waals surface area contributed by atoms with E-state index in [1.807, 2.05) is 19.1 Å². The molecule has 0 aliphatic heterocycles. The molecule has 0 spiro atoms. The Kier molecular flexibility index (Phi) is 13.4. The fourth-order valence-corrected chi connectivity index (χ4v) is 5.41. The number of carbonyl (C=O) groups is 4. The molecule has 0 radical (unpaired) electrons. The van der Waals surface area contributed by atoms with Crippen LogP contribution in [0.4, 0.5) is 0 Å². The predicted octanol–water partition coefficient (Wildman–Crippen LogP) is 5.53. The Morgan fingerprint density at radius 3 is 0.981 bits per heavy atom. The molecule has 1 aliphatic rings. The van der Waals surface area contributed by atoms with Crippen LogP contribution in [0.25, 0.3) is 24.3 Å². The number of hydrogen-bond donors (Lipinski definition) is 2. The fraction of sp³-hybridized carbons (Fsp3) is 0.163. The molecule has 0 bridgehead atoms. The summed E-state index contributed by atoms with van der Waals surface area (Å²) in [6, 6.07) is 33.8. The normalized spacial score (nSPS) is 21.5. The van der Waals surface area contributed by atoms with E-state index in [0.717, 1.165) is 29.9 Å². The maximum Gasteiger partial charge on any atom is 0.331 e. The zero-order valence-electron chi connectivity index (χ0n) is 28.7. The number of ether oxygens (including phenoxy) is 4. The maximum absolute atomic E-state index is 13.3. The standard InChI is InChI=1S/C43H38O10/c1-29-17-19-33(20-18-29)24-28-35(45)51-41-39(49)38(48)40(50-34(44)25-21-30-11-5-2-6-12-30)42(52-36(46)26-22-31-13-7-3-8-14-31)43(41)53-37(47)27-23-32-15-9-4-10-16-32/h2-28,38-43,48-49H,1H3/b25-21+,26-22+,27-23+,28-24+/t38-,39+,40+,41-,42-,43+/m0/s1. The summed E-state index contributed by atoms with van der Waals surface area (Å²) in [5, 5.41) is 22.7. The lowest BCUT2D eigenvalue weighted by molar-refractivity contribution is -0.248. The van der Waals surface area contributed by atoms with Crippen molar-refractivity contribution in [2.24, 2.45) is 0 Å². The summed E-state index contributed by atoms with van der Waals surface area (Å²) in [6.45, 7) is 1.92. The van der Waals surface area contributed by atoms with Crippen molar-refractivity contribution < 1.29 is 48.3 Å². The first kappa shape index (κ1) is 37.9. The first-order valence-corrected chi connectivity index (χ1v) is 16.8. The topological polar surface area (TPSA) is 146 Å². The Morgan fingerprint density at radius 2 is 0.679 bits per heavy atom. The predicted molar refractivity (Wildman–Crippen MR) is 198 cm³/mol. The largest absolute Gasteiger partial charge is 0.452 e. The van der Waals surface area contributed by atoms with Crippen LogP contribution in [0, 0.1) is 6.92 Å². The van der Waals surface area contributed by atoms with Crippen LogP contribution in [0.15, 0.2) is 140 Å². The highest BCUT2D eigenvalue weighted by Crippen LogP contribution is 2.31. The Morgan fingerprint density at radius 1 is 0.415 bits per heavy atom. The third kappa shape index (κ3) is 11.3. The molecule has 6 atom stereocenters. The molecule has 1 saturated carbocycles. The summed E-state index contributed by atoms with van der Waals surface area (Å²) >= 11 is 0. The van der Waals surface area contributed by atoms with Crippen molar-refractivity contribution in [1.29, 1.82) is 0 Å². The minimum absolute atomic E-state index is 0.666. The first-order valence-electron chi connectivity index (χ1n) is 16.8. The van der Waals surface area contributed by atoms with Gasteiger partial charge in [0.1, 0.15) is 12.2 Å². The van der Waals surface area contributed by atoms with Gasteiger partial charge in [-0.2, -0.15) is 0 Å². The second-order valence-corrected chi connectivity index (χ2v) is 12.1. The second kappa shape index (κ2) is 18.8. The van der Waals surface area contributed by atoms with E-state index in [4.69, 9.17) is 18.9 Å². The molecule has 1 fully saturated rings. The van der Waals surface area contributed by atoms with E-state index in [1.165, 1.54) is 24.3 Å². The van der Waals surface area contributed by atoms with Gasteiger partial charge in [-0.25, -0.2) is 19.2 Å². The molecule has 1 aliphatic carbocycles. The molecule has 53 heavy (non-hydrogen) atoms. The molecule has 4 aromatic carbocycles. The van der Waals surface area contributed by atoms with Crippen molar-refractivity contribution in [2.45, 2.75) is 43.5 Å². The van der Waals surface area contributed by atoms with Crippen LogP contribution >= 0.6 is 0 Å². The van der Waals surface area contributed by atoms with Crippen LogP contribution in [-0.2, 0) is 38.1 Å². The van der Waals surface area contributed by atoms with Crippen LogP contribution in [0.1, 0.15) is 27.8 Å². The molecule has 4 aromatic rings. The van der Waals surface area contributed by atoms with E-state index in [2.05, 4.69) is 0 Å². The Balaban J connectivity index is 1.47. The van der Waals surface area contributed by atoms with Crippen molar-refractivity contribution in [2.75, 3.05) is 0 Å². The average molecular weight is 715 g/mol. The fourth-order valence-electron chi connectivity index (χ4n) is 5.41. The van der Waals surface area contributed by atoms with Gasteiger partial charge < -0.3 is 29.2 Å². The van der Waals surface area contributed by atoms with Crippen molar-refractivity contribution in [3.05, 3.63) is 167 Å². The molecular weight excluding hydrogens is 676 g/mol. The van der Waals surface area contributed by atoms with E-state index < -0.39 is 60.5 Å². The van der Waals surface area contributed by atoms with Crippen molar-refractivity contribution in [3.8, 4) is 0 Å². The number of esters is 4. The average Bonchev–Trinajstić information content (AvgIpc) is 3.18. The summed E-state index contributed by atoms with van der Waals surface area (Å²) in [4.78, 5) is 52.8. The summed E-state index contributed by atoms with van der Waals surface area (Å²) in [6.07, 6.45) is -0.735. The van der Waals surface area contributed by atoms with Gasteiger partial charge in [0, 0.05) is 24.3 Å². The molecular formula is C43H38O10. The van der Waals surface area contributed by atoms with Gasteiger partial charge in [0.25, 0.3) is 0 Å². The van der Waals surface area contributed by atoms with Crippen molar-refractivity contribution in [1.82, 2.24) is 0 Å². The zero-order chi connectivity index (χ0) is 37.6. The molecule has 0 amide bonds. The molecule has 0 saturated heterocycles. The Hall–Kier alpha value is -6.36. The zero-order valence-corrected chi connectivity index (χ0v) is 28.7. The molecule has 0 aromatic heterocycles. The van der Waals surface area contributed by atoms with E-state index in [1.54, 1.807) is 103 Å². The summed E-state index contributed by atoms with van der Waals surface area (Å²) in [5.41, 5.74) is 3.70. The maximum atomic E-state index is 13.3. The lowest BCUT2D eigenvalue weighted by Gasteiger charge is -2.44. The number of aliphatic hydroxyl groups is 2. The molecule has 0 heterocycles. The van der Waals surface area contributed by atoms with E-state index in [9.17, 15) is 29.4 Å². The smallest absolute Gasteiger partial charge is 0.331 e. The van der Waals surface area contributed by atoms with E-state index in [0.29, 0.717) is 22.3 Å². The molecule has 5 rings (SSSR count). The lowest BCUT2D eigenvalue weighted by Crippen LogP contribution is -2.67. The van der Waals surface area contributed by atoms with Crippen LogP contribution in [0.3, 0.4) is 0 Å². The van der Waals surface area contributed by atoms with Crippen LogP contribution in [-0.4, -0.2) is 70.7 Å². The third-order valence-corrected chi connectivity index (χ3v) is 8.13. The number of carbonyl (C=O) groups excluding carboxylic acids is 4. The highest BCUT2D eigenvalue weighted by Gasteiger charge is 2.57. The summed E-state index contributed by atoms with van der Waals surface area (Å²) in [7, 11) is 0. The Labute approximate surface area is 306 Å². The highest BCUT2D eigenvalue weighted by molar-refractivity contribution is 5.90. The molecule has 270 valence electrons.